The Kier molecular flexibility index (Phi) is 73.3. The molecule has 0 rings (SSSR count). The van der Waals surface area contributed by atoms with E-state index in [0.29, 0.717) is 0 Å². The summed E-state index contributed by atoms with van der Waals surface area (Å²) in [4.78, 5) is 86.4. The van der Waals surface area contributed by atoms with Gasteiger partial charge in [-0.25, -0.2) is 43.2 Å². The van der Waals surface area contributed by atoms with Gasteiger partial charge in [-0.2, -0.15) is 0 Å². The van der Waals surface area contributed by atoms with Gasteiger partial charge in [0, 0.05) is 50.2 Å². The van der Waals surface area contributed by atoms with Crippen LogP contribution < -0.4 is 0 Å². The second-order valence-electron chi connectivity index (χ2n) is 16.7. The van der Waals surface area contributed by atoms with Gasteiger partial charge in [0.1, 0.15) is 24.4 Å². The molecule has 0 unspecified atom stereocenters. The zero-order valence-electron chi connectivity index (χ0n) is 48.2. The smallest absolute Gasteiger partial charge is 0.330 e. The quantitative estimate of drug-likeness (QED) is 0.0524. The van der Waals surface area contributed by atoms with E-state index < -0.39 is 142 Å². The molecule has 0 spiro atoms. The monoisotopic (exact) mass is 1210 g/mol. The van der Waals surface area contributed by atoms with E-state index >= 15 is 0 Å². The van der Waals surface area contributed by atoms with Crippen molar-refractivity contribution in [1.82, 2.24) is 0 Å². The average molecular weight is 1210 g/mol. The number of aliphatic hydroxyl groups excluding tert-OH is 12. The molecule has 0 aromatic carbocycles. The number of hydrogen-bond donors (Lipinski definition) is 21. The van der Waals surface area contributed by atoms with Crippen LogP contribution in [0.2, 0.25) is 0 Å². The Morgan fingerprint density at radius 2 is 0.386 bits per heavy atom. The number of rotatable bonds is 24. The highest BCUT2D eigenvalue weighted by molar-refractivity contribution is 5.87. The van der Waals surface area contributed by atoms with Crippen molar-refractivity contribution in [2.24, 2.45) is 10.8 Å². The first kappa shape index (κ1) is 101. The van der Waals surface area contributed by atoms with E-state index in [-0.39, 0.29) is 63.4 Å². The van der Waals surface area contributed by atoms with E-state index in [1.54, 1.807) is 0 Å². The molecule has 4 atom stereocenters. The van der Waals surface area contributed by atoms with E-state index in [1.165, 1.54) is 62.3 Å². The van der Waals surface area contributed by atoms with Crippen molar-refractivity contribution in [3.63, 3.8) is 0 Å². The number of aliphatic carboxylic acids is 9. The van der Waals surface area contributed by atoms with Crippen LogP contribution in [0.3, 0.4) is 0 Å². The van der Waals surface area contributed by atoms with Crippen LogP contribution in [-0.4, -0.2) is 251 Å². The molecule has 0 aliphatic heterocycles. The van der Waals surface area contributed by atoms with E-state index in [2.05, 4.69) is 59.2 Å². The number of carboxylic acid groups (broad SMARTS) is 9. The van der Waals surface area contributed by atoms with E-state index in [1.807, 2.05) is 0 Å². The molecule has 21 N–H and O–H groups in total. The molecule has 0 fully saturated rings. The summed E-state index contributed by atoms with van der Waals surface area (Å²) < 4.78 is 5.15. The highest BCUT2D eigenvalue weighted by atomic mass is 16.5. The zero-order chi connectivity index (χ0) is 69.5. The van der Waals surface area contributed by atoms with Gasteiger partial charge in [-0.15, -0.1) is 0 Å². The third-order valence-corrected chi connectivity index (χ3v) is 7.63. The molecule has 0 aromatic rings. The number of hydrogen-bond acceptors (Lipinski definition) is 22. The van der Waals surface area contributed by atoms with Crippen LogP contribution in [0.15, 0.2) is 109 Å². The molecule has 31 nitrogen and oxygen atoms in total. The van der Waals surface area contributed by atoms with E-state index in [9.17, 15) is 43.2 Å². The maximum absolute atomic E-state index is 9.60. The summed E-state index contributed by atoms with van der Waals surface area (Å²) >= 11 is 0. The summed E-state index contributed by atoms with van der Waals surface area (Å²) in [6, 6.07) is 0. The van der Waals surface area contributed by atoms with Crippen LogP contribution in [0.1, 0.15) is 62.3 Å². The molecule has 0 radical (unpaired) electrons. The van der Waals surface area contributed by atoms with Crippen LogP contribution >= 0.6 is 0 Å². The fraction of sp³-hybridized carbons (Fsp3) is 0.481. The molecular weight excluding hydrogens is 1120 g/mol. The summed E-state index contributed by atoms with van der Waals surface area (Å²) in [5.41, 5.74) is -0.738. The van der Waals surface area contributed by atoms with Crippen molar-refractivity contribution >= 4 is 53.7 Å². The Morgan fingerprint density at radius 3 is 0.446 bits per heavy atom. The van der Waals surface area contributed by atoms with Gasteiger partial charge in [-0.1, -0.05) is 59.2 Å². The molecule has 484 valence electrons. The molecular formula is C52H90O31. The van der Waals surface area contributed by atoms with Crippen LogP contribution in [0.5, 0.6) is 0 Å². The topological polar surface area (TPSA) is 588 Å². The maximum Gasteiger partial charge on any atom is 0.330 e. The minimum atomic E-state index is -1.67. The first-order valence-corrected chi connectivity index (χ1v) is 22.6. The van der Waals surface area contributed by atoms with Gasteiger partial charge in [0.15, 0.2) is 0 Å². The summed E-state index contributed by atoms with van der Waals surface area (Å²) in [6.45, 7) is 37.0. The summed E-state index contributed by atoms with van der Waals surface area (Å²) in [7, 11) is 0. The first-order valence-electron chi connectivity index (χ1n) is 22.6. The lowest BCUT2D eigenvalue weighted by molar-refractivity contribution is -0.133. The van der Waals surface area contributed by atoms with Crippen LogP contribution in [0.4, 0.5) is 0 Å². The second kappa shape index (κ2) is 60.5. The van der Waals surface area contributed by atoms with E-state index in [0.717, 1.165) is 0 Å². The van der Waals surface area contributed by atoms with Gasteiger partial charge >= 0.3 is 53.7 Å². The normalized spacial score (nSPS) is 10.7. The largest absolute Gasteiger partial charge is 0.478 e. The van der Waals surface area contributed by atoms with Crippen molar-refractivity contribution in [1.29, 1.82) is 0 Å². The maximum atomic E-state index is 9.60. The minimum absolute atomic E-state index is 0.141. The third-order valence-electron chi connectivity index (χ3n) is 7.63. The fourth-order valence-corrected chi connectivity index (χ4v) is 1.73. The van der Waals surface area contributed by atoms with Crippen molar-refractivity contribution in [3.8, 4) is 0 Å². The summed E-state index contributed by atoms with van der Waals surface area (Å²) in [5, 5.41) is 177. The van der Waals surface area contributed by atoms with Gasteiger partial charge < -0.3 is 112 Å². The Hall–Kier alpha value is -7.63. The zero-order valence-corrected chi connectivity index (χ0v) is 48.2. The highest BCUT2D eigenvalue weighted by Gasteiger charge is 2.33. The Bertz CT molecular complexity index is 1540. The van der Waals surface area contributed by atoms with Gasteiger partial charge in [-0.3, -0.25) is 0 Å². The fourth-order valence-electron chi connectivity index (χ4n) is 1.73. The highest BCUT2D eigenvalue weighted by Crippen LogP contribution is 2.20. The number of ether oxygens (including phenoxy) is 1. The van der Waals surface area contributed by atoms with Crippen LogP contribution in [-0.2, 0) is 47.9 Å². The molecule has 0 saturated heterocycles. The predicted molar refractivity (Wildman–Crippen MR) is 298 cm³/mol. The number of carbonyl (C=O) groups is 9. The molecule has 83 heavy (non-hydrogen) atoms. The molecule has 0 aliphatic carbocycles. The minimum Gasteiger partial charge on any atom is -0.478 e. The van der Waals surface area contributed by atoms with Crippen molar-refractivity contribution in [2.45, 2.75) is 86.7 Å². The third kappa shape index (κ3) is 78.7. The molecule has 0 bridgehead atoms. The van der Waals surface area contributed by atoms with Crippen molar-refractivity contribution in [2.75, 3.05) is 66.1 Å². The van der Waals surface area contributed by atoms with Gasteiger partial charge in [0.05, 0.1) is 76.9 Å². The van der Waals surface area contributed by atoms with Gasteiger partial charge in [0.2, 0.25) is 0 Å². The van der Waals surface area contributed by atoms with E-state index in [4.69, 9.17) is 112 Å². The molecule has 0 saturated carbocycles. The van der Waals surface area contributed by atoms with Gasteiger partial charge in [0.25, 0.3) is 0 Å². The SMILES string of the molecule is C=C(C)C(=O)O.C=C(C)C(=O)O.C=C(C)C(=O)O.C=C(C)C(=O)O.C=C(C)C(=O)O.C=C(C)C(=O)O.C=C(C)C(=O)O.C=C(C)C(=O)O.C=C(C)C(=O)O.OCC(CO)(CO)COCC(CO)(CO)CO.OC[C@@H](O)[C@@H](O)[C@H](O)[C@@H](O)CO. The molecule has 0 aromatic heterocycles. The predicted octanol–water partition coefficient (Wildman–Crippen LogP) is -0.832. The number of aliphatic hydroxyl groups is 12. The Labute approximate surface area is 480 Å². The first-order chi connectivity index (χ1) is 37.4. The summed E-state index contributed by atoms with van der Waals surface area (Å²) in [6.07, 6.45) is -6.39. The lowest BCUT2D eigenvalue weighted by atomic mass is 9.91. The Morgan fingerprint density at radius 1 is 0.289 bits per heavy atom. The lowest BCUT2D eigenvalue weighted by Crippen LogP contribution is -2.46. The molecule has 0 amide bonds. The van der Waals surface area contributed by atoms with Crippen molar-refractivity contribution < 1.29 is 155 Å². The second-order valence-corrected chi connectivity index (χ2v) is 16.7. The average Bonchev–Trinajstić information content (AvgIpc) is 3.39. The van der Waals surface area contributed by atoms with Crippen molar-refractivity contribution in [3.05, 3.63) is 109 Å². The number of carboxylic acids is 9. The van der Waals surface area contributed by atoms with Crippen LogP contribution in [0.25, 0.3) is 0 Å². The molecule has 0 heterocycles. The van der Waals surface area contributed by atoms with Crippen LogP contribution in [0, 0.1) is 10.8 Å². The standard InChI is InChI=1S/C10H22O7.C6H14O6.9C4H6O2/c11-1-9(2-12,3-13)7-17-8-10(4-14,5-15)6-16;7-1-3(9)5(11)6(12)4(10)2-8;9*1-3(2)4(5)6/h11-16H,1-8H2;3-12H,1-2H2;9*1H2,2H3,(H,5,6)/t;3-,4+,5-,6-;;;;;;;;;/m.1........./s1. The molecule has 0 aliphatic rings. The van der Waals surface area contributed by atoms with Gasteiger partial charge in [-0.05, 0) is 62.3 Å². The molecule has 31 heteroatoms. The summed E-state index contributed by atoms with van der Waals surface area (Å²) in [5.74, 6) is -8.42. The lowest BCUT2D eigenvalue weighted by Gasteiger charge is -2.31. The Balaban J connectivity index is -0.0000000785.